The maximum absolute atomic E-state index is 7.50. The second-order valence-corrected chi connectivity index (χ2v) is 4.76. The van der Waals surface area contributed by atoms with Gasteiger partial charge in [0.2, 0.25) is 0 Å². The van der Waals surface area contributed by atoms with Gasteiger partial charge in [-0.1, -0.05) is 36.4 Å². The Morgan fingerprint density at radius 3 is 1.35 bits per heavy atom. The fraction of sp³-hybridized carbons (Fsp3) is 0. The first-order valence-electron chi connectivity index (χ1n) is 6.86. The van der Waals surface area contributed by atoms with Crippen molar-refractivity contribution < 1.29 is 31.9 Å². The smallest absolute Gasteiger partial charge is 0.280 e. The molecule has 0 amide bonds. The minimum Gasteiger partial charge on any atom is -0.592 e. The minimum atomic E-state index is 0. The van der Waals surface area contributed by atoms with Gasteiger partial charge < -0.3 is 10.2 Å². The molecule has 112 valence electrons. The van der Waals surface area contributed by atoms with Crippen LogP contribution in [0.5, 0.6) is 11.5 Å². The maximum Gasteiger partial charge on any atom is 0.280 e. The molecule has 2 heterocycles. The molecule has 0 radical (unpaired) electrons. The molecule has 2 aromatic heterocycles. The molecule has 0 unspecified atom stereocenters. The molecule has 5 heteroatoms. The normalized spacial score (nSPS) is 9.74. The first kappa shape index (κ1) is 16.9. The van der Waals surface area contributed by atoms with E-state index in [1.807, 2.05) is 48.5 Å². The quantitative estimate of drug-likeness (QED) is 0.364. The molecule has 0 fully saturated rings. The third kappa shape index (κ3) is 3.86. The SMILES string of the molecule is [OH2+]c1cccc2cccnc12.[OH2+]c1cccc2cccnc12.[Ti]. The number of nitrogens with zero attached hydrogens (tertiary/aromatic N) is 2. The molecular weight excluding hydrogens is 324 g/mol. The van der Waals surface area contributed by atoms with Crippen LogP contribution in [0.2, 0.25) is 0 Å². The Labute approximate surface area is 148 Å². The zero-order valence-electron chi connectivity index (χ0n) is 12.3. The zero-order valence-corrected chi connectivity index (χ0v) is 13.9. The van der Waals surface area contributed by atoms with Crippen molar-refractivity contribution in [2.75, 3.05) is 0 Å². The minimum absolute atomic E-state index is 0. The van der Waals surface area contributed by atoms with Crippen molar-refractivity contribution in [1.82, 2.24) is 9.97 Å². The largest absolute Gasteiger partial charge is 0.592 e. The average Bonchev–Trinajstić information content (AvgIpc) is 2.57. The Hall–Kier alpha value is -2.43. The molecule has 0 aliphatic carbocycles. The van der Waals surface area contributed by atoms with Crippen molar-refractivity contribution in [2.24, 2.45) is 0 Å². The van der Waals surface area contributed by atoms with Gasteiger partial charge >= 0.3 is 0 Å². The Morgan fingerprint density at radius 1 is 0.565 bits per heavy atom. The van der Waals surface area contributed by atoms with E-state index >= 15 is 0 Å². The molecule has 4 N–H and O–H groups in total. The predicted molar refractivity (Wildman–Crippen MR) is 89.6 cm³/mol. The van der Waals surface area contributed by atoms with Crippen LogP contribution in [0.15, 0.2) is 73.1 Å². The third-order valence-electron chi connectivity index (χ3n) is 3.27. The van der Waals surface area contributed by atoms with Crippen molar-refractivity contribution in [3.8, 4) is 11.5 Å². The molecule has 0 aliphatic heterocycles. The summed E-state index contributed by atoms with van der Waals surface area (Å²) in [6.45, 7) is 0. The molecule has 0 saturated carbocycles. The standard InChI is InChI=1S/2C9H7NO.Ti/c2*11-8-5-1-3-7-4-2-6-10-9(7)8;/h2*1-6,11H;/p+2. The molecule has 4 nitrogen and oxygen atoms in total. The summed E-state index contributed by atoms with van der Waals surface area (Å²) in [7, 11) is 0. The maximum atomic E-state index is 7.50. The van der Waals surface area contributed by atoms with Crippen LogP contribution in [0.4, 0.5) is 0 Å². The summed E-state index contributed by atoms with van der Waals surface area (Å²) < 4.78 is 0. The van der Waals surface area contributed by atoms with E-state index in [2.05, 4.69) is 9.97 Å². The van der Waals surface area contributed by atoms with Crippen LogP contribution < -0.4 is 0 Å². The van der Waals surface area contributed by atoms with E-state index in [0.717, 1.165) is 21.8 Å². The van der Waals surface area contributed by atoms with Gasteiger partial charge in [-0.05, 0) is 12.1 Å². The first-order valence-corrected chi connectivity index (χ1v) is 6.86. The summed E-state index contributed by atoms with van der Waals surface area (Å²) in [6.07, 6.45) is 3.42. The molecule has 0 saturated heterocycles. The summed E-state index contributed by atoms with van der Waals surface area (Å²) in [5.74, 6) is 0.978. The van der Waals surface area contributed by atoms with Crippen molar-refractivity contribution in [2.45, 2.75) is 0 Å². The van der Waals surface area contributed by atoms with Gasteiger partial charge in [-0.3, -0.25) is 0 Å². The van der Waals surface area contributed by atoms with Gasteiger partial charge in [0.15, 0.2) is 11.0 Å². The average molecular weight is 340 g/mol. The van der Waals surface area contributed by atoms with Crippen LogP contribution in [-0.2, 0) is 21.7 Å². The zero-order chi connectivity index (χ0) is 15.4. The number of fused-ring (bicyclic) bond motifs is 2. The second kappa shape index (κ2) is 7.72. The van der Waals surface area contributed by atoms with Crippen LogP contribution in [0, 0.1) is 0 Å². The van der Waals surface area contributed by atoms with Crippen LogP contribution >= 0.6 is 0 Å². The van der Waals surface area contributed by atoms with Crippen molar-refractivity contribution >= 4 is 21.8 Å². The molecule has 0 spiro atoms. The number of pyridine rings is 2. The number of benzene rings is 2. The van der Waals surface area contributed by atoms with E-state index in [-0.39, 0.29) is 21.7 Å². The Balaban J connectivity index is 0.000000160. The molecule has 0 atom stereocenters. The van der Waals surface area contributed by atoms with E-state index < -0.39 is 0 Å². The number of rotatable bonds is 0. The summed E-state index contributed by atoms with van der Waals surface area (Å²) in [5.41, 5.74) is 1.55. The monoisotopic (exact) mass is 340 g/mol. The molecule has 4 rings (SSSR count). The number of aromatic nitrogens is 2. The summed E-state index contributed by atoms with van der Waals surface area (Å²) >= 11 is 0. The Kier molecular flexibility index (Phi) is 5.69. The van der Waals surface area contributed by atoms with Crippen LogP contribution in [-0.4, -0.2) is 20.2 Å². The molecule has 0 bridgehead atoms. The van der Waals surface area contributed by atoms with Gasteiger partial charge in [0.25, 0.3) is 11.5 Å². The van der Waals surface area contributed by atoms with Crippen molar-refractivity contribution in [3.63, 3.8) is 0 Å². The van der Waals surface area contributed by atoms with Crippen LogP contribution in [0.3, 0.4) is 0 Å². The van der Waals surface area contributed by atoms with E-state index in [0.29, 0.717) is 11.5 Å². The fourth-order valence-corrected chi connectivity index (χ4v) is 2.21. The van der Waals surface area contributed by atoms with Gasteiger partial charge in [0.05, 0.1) is 0 Å². The van der Waals surface area contributed by atoms with E-state index in [4.69, 9.17) is 10.2 Å². The molecule has 23 heavy (non-hydrogen) atoms. The van der Waals surface area contributed by atoms with Crippen LogP contribution in [0.25, 0.3) is 21.8 Å². The van der Waals surface area contributed by atoms with E-state index in [1.165, 1.54) is 0 Å². The fourth-order valence-electron chi connectivity index (χ4n) is 2.21. The topological polar surface area (TPSA) is 71.6 Å². The number of hydrogen-bond acceptors (Lipinski definition) is 2. The molecular formula is C18H16N2O2Ti+2. The van der Waals surface area contributed by atoms with E-state index in [9.17, 15) is 0 Å². The van der Waals surface area contributed by atoms with Gasteiger partial charge in [-0.2, -0.15) is 0 Å². The number of hydrogen-bond donors (Lipinski definition) is 0. The molecule has 2 aromatic carbocycles. The number of para-hydroxylation sites is 2. The molecule has 4 aromatic rings. The van der Waals surface area contributed by atoms with Gasteiger partial charge in [0, 0.05) is 57.0 Å². The predicted octanol–water partition coefficient (Wildman–Crippen LogP) is 3.34. The summed E-state index contributed by atoms with van der Waals surface area (Å²) in [4.78, 5) is 8.19. The van der Waals surface area contributed by atoms with Gasteiger partial charge in [-0.15, -0.1) is 0 Å². The second-order valence-electron chi connectivity index (χ2n) is 4.76. The van der Waals surface area contributed by atoms with Crippen molar-refractivity contribution in [3.05, 3.63) is 73.1 Å². The first-order chi connectivity index (χ1) is 10.8. The summed E-state index contributed by atoms with van der Waals surface area (Å²) in [5, 5.41) is 17.1. The van der Waals surface area contributed by atoms with Gasteiger partial charge in [0.1, 0.15) is 0 Å². The van der Waals surface area contributed by atoms with E-state index in [1.54, 1.807) is 24.5 Å². The Morgan fingerprint density at radius 2 is 0.957 bits per heavy atom. The summed E-state index contributed by atoms with van der Waals surface area (Å²) in [6, 6.07) is 18.8. The molecule has 0 aliphatic rings. The van der Waals surface area contributed by atoms with Gasteiger partial charge in [-0.25, -0.2) is 9.97 Å². The van der Waals surface area contributed by atoms with Crippen molar-refractivity contribution in [1.29, 1.82) is 0 Å². The third-order valence-corrected chi connectivity index (χ3v) is 3.27. The Bertz CT molecular complexity index is 841. The van der Waals surface area contributed by atoms with Crippen LogP contribution in [0.1, 0.15) is 0 Å².